The molecule has 15 heavy (non-hydrogen) atoms. The Hall–Kier alpha value is 1.24. The quantitative estimate of drug-likeness (QED) is 0.615. The van der Waals surface area contributed by atoms with Gasteiger partial charge < -0.3 is 11.1 Å². The van der Waals surface area contributed by atoms with Crippen LogP contribution >= 0.6 is 0 Å². The molecule has 0 radical (unpaired) electrons. The first kappa shape index (κ1) is 18.6. The summed E-state index contributed by atoms with van der Waals surface area (Å²) in [5, 5.41) is 2.91. The van der Waals surface area contributed by atoms with Gasteiger partial charge in [-0.3, -0.25) is 4.79 Å². The van der Waals surface area contributed by atoms with E-state index in [1.165, 1.54) is 0 Å². The van der Waals surface area contributed by atoms with E-state index in [4.69, 9.17) is 5.73 Å². The van der Waals surface area contributed by atoms with Crippen LogP contribution in [0.15, 0.2) is 0 Å². The first-order chi connectivity index (χ1) is 6.66. The minimum atomic E-state index is 0. The van der Waals surface area contributed by atoms with Crippen molar-refractivity contribution in [2.24, 2.45) is 5.92 Å². The number of hydrogen-bond acceptors (Lipinski definition) is 1. The topological polar surface area (TPSA) is 52.9 Å². The standard InChI is InChI=1S/C11H23N2O.Rb/c1-10(2)7-9-13-11(14)6-4-3-5-8-12;/h10,12H,3-9H2,1-2H3,(H,13,14);/q-1;+1. The van der Waals surface area contributed by atoms with Crippen LogP contribution in [0.3, 0.4) is 0 Å². The maximum atomic E-state index is 11.2. The molecular weight excluding hydrogens is 262 g/mol. The molecule has 0 aliphatic carbocycles. The second-order valence-electron chi connectivity index (χ2n) is 4.09. The number of rotatable bonds is 8. The Bertz CT molecular complexity index is 152. The number of nitrogens with one attached hydrogen (secondary N) is 2. The molecule has 0 aromatic rings. The molecule has 0 aliphatic heterocycles. The second kappa shape index (κ2) is 13.3. The first-order valence-electron chi connectivity index (χ1n) is 5.58. The van der Waals surface area contributed by atoms with Crippen molar-refractivity contribution in [2.75, 3.05) is 13.1 Å². The molecule has 0 aliphatic rings. The smallest absolute Gasteiger partial charge is 0.677 e. The monoisotopic (exact) mass is 284 g/mol. The third-order valence-electron chi connectivity index (χ3n) is 2.12. The van der Waals surface area contributed by atoms with Crippen molar-refractivity contribution >= 4 is 5.91 Å². The molecule has 0 saturated carbocycles. The fraction of sp³-hybridized carbons (Fsp3) is 0.909. The van der Waals surface area contributed by atoms with Crippen LogP contribution in [0.5, 0.6) is 0 Å². The Labute approximate surface area is 143 Å². The van der Waals surface area contributed by atoms with E-state index in [-0.39, 0.29) is 64.1 Å². The van der Waals surface area contributed by atoms with E-state index in [1.807, 2.05) is 0 Å². The van der Waals surface area contributed by atoms with Crippen LogP contribution in [0, 0.1) is 5.92 Å². The molecule has 4 heteroatoms. The van der Waals surface area contributed by atoms with E-state index >= 15 is 0 Å². The van der Waals surface area contributed by atoms with Crippen LogP contribution in [-0.2, 0) is 4.79 Å². The number of carbonyl (C=O) groups excluding carboxylic acids is 1. The maximum absolute atomic E-state index is 11.2. The molecule has 0 fully saturated rings. The fourth-order valence-corrected chi connectivity index (χ4v) is 1.18. The van der Waals surface area contributed by atoms with Gasteiger partial charge in [0.05, 0.1) is 0 Å². The third-order valence-corrected chi connectivity index (χ3v) is 2.12. The molecule has 2 N–H and O–H groups in total. The van der Waals surface area contributed by atoms with Gasteiger partial charge in [-0.05, 0) is 18.8 Å². The maximum Gasteiger partial charge on any atom is 1.00 e. The predicted octanol–water partition coefficient (Wildman–Crippen LogP) is -0.235. The van der Waals surface area contributed by atoms with Gasteiger partial charge in [0.15, 0.2) is 0 Å². The van der Waals surface area contributed by atoms with Gasteiger partial charge in [-0.2, -0.15) is 6.54 Å². The van der Waals surface area contributed by atoms with Gasteiger partial charge in [0.1, 0.15) is 0 Å². The molecule has 0 unspecified atom stereocenters. The SMILES string of the molecule is CC(C)CCNC(=O)CCCCC[NH-].[Rb+]. The molecule has 84 valence electrons. The van der Waals surface area contributed by atoms with Crippen LogP contribution in [0.25, 0.3) is 5.73 Å². The van der Waals surface area contributed by atoms with Crippen molar-refractivity contribution < 1.29 is 63.0 Å². The first-order valence-corrected chi connectivity index (χ1v) is 5.58. The van der Waals surface area contributed by atoms with Crippen LogP contribution in [0.4, 0.5) is 0 Å². The molecule has 0 rings (SSSR count). The number of amides is 1. The predicted molar refractivity (Wildman–Crippen MR) is 60.1 cm³/mol. The zero-order valence-corrected chi connectivity index (χ0v) is 15.4. The summed E-state index contributed by atoms with van der Waals surface area (Å²) in [7, 11) is 0. The Kier molecular flexibility index (Phi) is 16.5. The minimum Gasteiger partial charge on any atom is -0.677 e. The van der Waals surface area contributed by atoms with Gasteiger partial charge in [0, 0.05) is 13.0 Å². The average molecular weight is 285 g/mol. The minimum absolute atomic E-state index is 0. The number of unbranched alkanes of at least 4 members (excludes halogenated alkanes) is 2. The molecule has 0 saturated heterocycles. The molecule has 1 amide bonds. The van der Waals surface area contributed by atoms with Crippen molar-refractivity contribution in [1.82, 2.24) is 5.32 Å². The molecule has 3 nitrogen and oxygen atoms in total. The van der Waals surface area contributed by atoms with Crippen LogP contribution < -0.4 is 63.5 Å². The largest absolute Gasteiger partial charge is 1.00 e. The van der Waals surface area contributed by atoms with Crippen molar-refractivity contribution in [3.05, 3.63) is 5.73 Å². The zero-order valence-electron chi connectivity index (χ0n) is 10.4. The molecule has 0 aromatic heterocycles. The summed E-state index contributed by atoms with van der Waals surface area (Å²) in [6.45, 7) is 5.59. The van der Waals surface area contributed by atoms with Gasteiger partial charge >= 0.3 is 58.2 Å². The molecule has 0 aromatic carbocycles. The summed E-state index contributed by atoms with van der Waals surface area (Å²) in [5.74, 6) is 0.814. The van der Waals surface area contributed by atoms with Crippen LogP contribution in [0.1, 0.15) is 46.0 Å². The summed E-state index contributed by atoms with van der Waals surface area (Å²) in [6.07, 6.45) is 4.52. The van der Waals surface area contributed by atoms with Gasteiger partial charge in [-0.15, -0.1) is 0 Å². The van der Waals surface area contributed by atoms with E-state index in [2.05, 4.69) is 19.2 Å². The molecule has 0 heterocycles. The molecule has 0 bridgehead atoms. The van der Waals surface area contributed by atoms with E-state index in [1.54, 1.807) is 0 Å². The Morgan fingerprint density at radius 3 is 2.47 bits per heavy atom. The van der Waals surface area contributed by atoms with E-state index in [0.717, 1.165) is 32.2 Å². The Balaban J connectivity index is 0. The summed E-state index contributed by atoms with van der Waals surface area (Å²) < 4.78 is 0. The van der Waals surface area contributed by atoms with Crippen molar-refractivity contribution in [3.8, 4) is 0 Å². The van der Waals surface area contributed by atoms with Gasteiger partial charge in [0.25, 0.3) is 0 Å². The molecule has 0 spiro atoms. The second-order valence-corrected chi connectivity index (χ2v) is 4.09. The summed E-state index contributed by atoms with van der Waals surface area (Å²) >= 11 is 0. The molecular formula is C11H23N2ORb. The van der Waals surface area contributed by atoms with E-state index in [0.29, 0.717) is 18.9 Å². The van der Waals surface area contributed by atoms with E-state index < -0.39 is 0 Å². The summed E-state index contributed by atoms with van der Waals surface area (Å²) in [5.41, 5.74) is 6.95. The Morgan fingerprint density at radius 2 is 1.93 bits per heavy atom. The van der Waals surface area contributed by atoms with Gasteiger partial charge in [-0.1, -0.05) is 26.7 Å². The van der Waals surface area contributed by atoms with Crippen LogP contribution in [0.2, 0.25) is 0 Å². The van der Waals surface area contributed by atoms with Gasteiger partial charge in [-0.25, -0.2) is 0 Å². The third kappa shape index (κ3) is 15.2. The van der Waals surface area contributed by atoms with Gasteiger partial charge in [0.2, 0.25) is 5.91 Å². The summed E-state index contributed by atoms with van der Waals surface area (Å²) in [6, 6.07) is 0. The van der Waals surface area contributed by atoms with E-state index in [9.17, 15) is 4.79 Å². The number of carbonyl (C=O) groups is 1. The fourth-order valence-electron chi connectivity index (χ4n) is 1.18. The Morgan fingerprint density at radius 1 is 1.27 bits per heavy atom. The van der Waals surface area contributed by atoms with Crippen molar-refractivity contribution in [2.45, 2.75) is 46.0 Å². The summed E-state index contributed by atoms with van der Waals surface area (Å²) in [4.78, 5) is 11.2. The van der Waals surface area contributed by atoms with Crippen molar-refractivity contribution in [3.63, 3.8) is 0 Å². The van der Waals surface area contributed by atoms with Crippen molar-refractivity contribution in [1.29, 1.82) is 0 Å². The number of hydrogen-bond donors (Lipinski definition) is 1. The molecule has 0 atom stereocenters. The normalized spacial score (nSPS) is 9.87. The zero-order chi connectivity index (χ0) is 10.8. The van der Waals surface area contributed by atoms with Crippen LogP contribution in [-0.4, -0.2) is 19.0 Å². The average Bonchev–Trinajstić information content (AvgIpc) is 2.12.